The van der Waals surface area contributed by atoms with Gasteiger partial charge in [0.15, 0.2) is 0 Å². The van der Waals surface area contributed by atoms with Crippen LogP contribution in [0.25, 0.3) is 10.8 Å². The Hall–Kier alpha value is -2.20. The summed E-state index contributed by atoms with van der Waals surface area (Å²) in [4.78, 5) is 0. The molecule has 1 aromatic heterocycles. The average molecular weight is 280 g/mol. The lowest BCUT2D eigenvalue weighted by atomic mass is 9.97. The molecule has 1 unspecified atom stereocenters. The molecule has 21 heavy (non-hydrogen) atoms. The Labute approximate surface area is 124 Å². The molecule has 3 rings (SSSR count). The smallest absolute Gasteiger partial charge is 0.0798 e. The standard InChI is InChI=1S/C17H20N4/c1-3-11-18-17(16-12-19-20-21(16)2)15-10-6-8-13-7-4-5-9-14(13)15/h4-10,12,17-18H,3,11H2,1-2H3. The topological polar surface area (TPSA) is 42.7 Å². The Balaban J connectivity index is 2.12. The Morgan fingerprint density at radius 2 is 1.95 bits per heavy atom. The number of hydrogen-bond acceptors (Lipinski definition) is 3. The van der Waals surface area contributed by atoms with Crippen LogP contribution in [0.3, 0.4) is 0 Å². The minimum atomic E-state index is 0.107. The first-order valence-corrected chi connectivity index (χ1v) is 7.37. The normalized spacial score (nSPS) is 12.7. The Morgan fingerprint density at radius 1 is 1.14 bits per heavy atom. The van der Waals surface area contributed by atoms with Gasteiger partial charge in [0.1, 0.15) is 0 Å². The second-order valence-electron chi connectivity index (χ2n) is 5.24. The van der Waals surface area contributed by atoms with Crippen molar-refractivity contribution in [1.82, 2.24) is 20.3 Å². The maximum atomic E-state index is 4.08. The van der Waals surface area contributed by atoms with Crippen molar-refractivity contribution in [2.24, 2.45) is 7.05 Å². The largest absolute Gasteiger partial charge is 0.305 e. The van der Waals surface area contributed by atoms with Crippen LogP contribution in [0.15, 0.2) is 48.7 Å². The number of nitrogens with zero attached hydrogens (tertiary/aromatic N) is 3. The summed E-state index contributed by atoms with van der Waals surface area (Å²) in [5.74, 6) is 0. The molecule has 0 amide bonds. The Kier molecular flexibility index (Phi) is 3.97. The van der Waals surface area contributed by atoms with Crippen LogP contribution in [0.1, 0.15) is 30.6 Å². The van der Waals surface area contributed by atoms with Crippen molar-refractivity contribution in [3.05, 3.63) is 59.9 Å². The lowest BCUT2D eigenvalue weighted by Crippen LogP contribution is -2.25. The highest BCUT2D eigenvalue weighted by atomic mass is 15.4. The maximum absolute atomic E-state index is 4.08. The molecule has 4 heteroatoms. The van der Waals surface area contributed by atoms with Crippen LogP contribution >= 0.6 is 0 Å². The third-order valence-electron chi connectivity index (χ3n) is 3.78. The number of benzene rings is 2. The van der Waals surface area contributed by atoms with E-state index < -0.39 is 0 Å². The second-order valence-corrected chi connectivity index (χ2v) is 5.24. The molecule has 4 nitrogen and oxygen atoms in total. The van der Waals surface area contributed by atoms with Crippen LogP contribution in [-0.2, 0) is 7.05 Å². The molecule has 1 heterocycles. The number of fused-ring (bicyclic) bond motifs is 1. The van der Waals surface area contributed by atoms with Crippen molar-refractivity contribution in [2.45, 2.75) is 19.4 Å². The van der Waals surface area contributed by atoms with Gasteiger partial charge >= 0.3 is 0 Å². The summed E-state index contributed by atoms with van der Waals surface area (Å²) < 4.78 is 1.84. The molecule has 0 saturated heterocycles. The van der Waals surface area contributed by atoms with E-state index in [1.807, 2.05) is 17.9 Å². The summed E-state index contributed by atoms with van der Waals surface area (Å²) >= 11 is 0. The predicted octanol–water partition coefficient (Wildman–Crippen LogP) is 3.06. The lowest BCUT2D eigenvalue weighted by Gasteiger charge is -2.20. The molecule has 1 N–H and O–H groups in total. The van der Waals surface area contributed by atoms with Crippen molar-refractivity contribution in [3.8, 4) is 0 Å². The van der Waals surface area contributed by atoms with E-state index in [0.29, 0.717) is 0 Å². The lowest BCUT2D eigenvalue weighted by molar-refractivity contribution is 0.553. The maximum Gasteiger partial charge on any atom is 0.0798 e. The minimum Gasteiger partial charge on any atom is -0.305 e. The fourth-order valence-corrected chi connectivity index (χ4v) is 2.72. The van der Waals surface area contributed by atoms with Gasteiger partial charge in [-0.2, -0.15) is 0 Å². The molecule has 3 aromatic rings. The first-order chi connectivity index (χ1) is 10.3. The number of hydrogen-bond donors (Lipinski definition) is 1. The molecule has 0 bridgehead atoms. The highest BCUT2D eigenvalue weighted by Gasteiger charge is 2.19. The third kappa shape index (κ3) is 2.67. The molecule has 1 atom stereocenters. The SMILES string of the molecule is CCCNC(c1cccc2ccccc12)c1cnnn1C. The number of aryl methyl sites for hydroxylation is 1. The highest BCUT2D eigenvalue weighted by Crippen LogP contribution is 2.28. The zero-order chi connectivity index (χ0) is 14.7. The van der Waals surface area contributed by atoms with Crippen molar-refractivity contribution in [2.75, 3.05) is 6.54 Å². The van der Waals surface area contributed by atoms with Crippen molar-refractivity contribution in [3.63, 3.8) is 0 Å². The van der Waals surface area contributed by atoms with E-state index in [2.05, 4.69) is 65.0 Å². The van der Waals surface area contributed by atoms with Gasteiger partial charge in [0.2, 0.25) is 0 Å². The van der Waals surface area contributed by atoms with E-state index in [1.165, 1.54) is 16.3 Å². The summed E-state index contributed by atoms with van der Waals surface area (Å²) in [6, 6.07) is 15.0. The molecule has 108 valence electrons. The predicted molar refractivity (Wildman–Crippen MR) is 85.1 cm³/mol. The molecule has 0 aliphatic rings. The molecule has 0 aliphatic carbocycles. The molecular weight excluding hydrogens is 260 g/mol. The molecule has 0 fully saturated rings. The van der Waals surface area contributed by atoms with Gasteiger partial charge in [-0.1, -0.05) is 54.6 Å². The van der Waals surface area contributed by atoms with E-state index in [0.717, 1.165) is 18.7 Å². The number of aromatic nitrogens is 3. The highest BCUT2D eigenvalue weighted by molar-refractivity contribution is 5.86. The Bertz CT molecular complexity index is 727. The van der Waals surface area contributed by atoms with Crippen LogP contribution in [0.4, 0.5) is 0 Å². The molecule has 0 saturated carbocycles. The summed E-state index contributed by atoms with van der Waals surface area (Å²) in [5.41, 5.74) is 2.35. The van der Waals surface area contributed by atoms with Gasteiger partial charge in [0.05, 0.1) is 17.9 Å². The van der Waals surface area contributed by atoms with E-state index in [9.17, 15) is 0 Å². The molecule has 0 radical (unpaired) electrons. The van der Waals surface area contributed by atoms with Gasteiger partial charge in [0.25, 0.3) is 0 Å². The van der Waals surface area contributed by atoms with Crippen LogP contribution in [-0.4, -0.2) is 21.5 Å². The zero-order valence-electron chi connectivity index (χ0n) is 12.5. The van der Waals surface area contributed by atoms with Crippen molar-refractivity contribution in [1.29, 1.82) is 0 Å². The third-order valence-corrected chi connectivity index (χ3v) is 3.78. The quantitative estimate of drug-likeness (QED) is 0.781. The van der Waals surface area contributed by atoms with Gasteiger partial charge in [-0.25, -0.2) is 0 Å². The van der Waals surface area contributed by atoms with E-state index in [1.54, 1.807) is 0 Å². The fourth-order valence-electron chi connectivity index (χ4n) is 2.72. The minimum absolute atomic E-state index is 0.107. The summed E-state index contributed by atoms with van der Waals surface area (Å²) in [5, 5.41) is 14.3. The average Bonchev–Trinajstić information content (AvgIpc) is 2.94. The van der Waals surface area contributed by atoms with Crippen molar-refractivity contribution < 1.29 is 0 Å². The molecule has 2 aromatic carbocycles. The van der Waals surface area contributed by atoms with Gasteiger partial charge in [0, 0.05) is 7.05 Å². The van der Waals surface area contributed by atoms with E-state index in [4.69, 9.17) is 0 Å². The van der Waals surface area contributed by atoms with Crippen LogP contribution in [0.5, 0.6) is 0 Å². The van der Waals surface area contributed by atoms with Crippen LogP contribution in [0.2, 0.25) is 0 Å². The van der Waals surface area contributed by atoms with Crippen molar-refractivity contribution >= 4 is 10.8 Å². The number of rotatable bonds is 5. The molecule has 0 aliphatic heterocycles. The fraction of sp³-hybridized carbons (Fsp3) is 0.294. The van der Waals surface area contributed by atoms with Crippen LogP contribution < -0.4 is 5.32 Å². The molecular formula is C17H20N4. The van der Waals surface area contributed by atoms with Gasteiger partial charge < -0.3 is 5.32 Å². The van der Waals surface area contributed by atoms with Gasteiger partial charge in [-0.05, 0) is 29.3 Å². The second kappa shape index (κ2) is 6.06. The Morgan fingerprint density at radius 3 is 2.71 bits per heavy atom. The van der Waals surface area contributed by atoms with Gasteiger partial charge in [-0.15, -0.1) is 5.10 Å². The number of nitrogens with one attached hydrogen (secondary N) is 1. The van der Waals surface area contributed by atoms with Gasteiger partial charge in [-0.3, -0.25) is 4.68 Å². The van der Waals surface area contributed by atoms with E-state index in [-0.39, 0.29) is 6.04 Å². The zero-order valence-corrected chi connectivity index (χ0v) is 12.5. The first-order valence-electron chi connectivity index (χ1n) is 7.37. The molecule has 0 spiro atoms. The summed E-state index contributed by atoms with van der Waals surface area (Å²) in [7, 11) is 1.94. The summed E-state index contributed by atoms with van der Waals surface area (Å²) in [6.45, 7) is 3.13. The summed E-state index contributed by atoms with van der Waals surface area (Å²) in [6.07, 6.45) is 2.93. The first kappa shape index (κ1) is 13.8. The van der Waals surface area contributed by atoms with E-state index >= 15 is 0 Å². The monoisotopic (exact) mass is 280 g/mol. The van der Waals surface area contributed by atoms with Crippen LogP contribution in [0, 0.1) is 0 Å².